The van der Waals surface area contributed by atoms with E-state index >= 15 is 0 Å². The van der Waals surface area contributed by atoms with E-state index in [0.29, 0.717) is 40.5 Å². The molecule has 2 aromatic heterocycles. The molecule has 4 atom stereocenters. The summed E-state index contributed by atoms with van der Waals surface area (Å²) in [6.07, 6.45) is 1.45. The number of likely N-dealkylation sites (tertiary alicyclic amines) is 1. The molecule has 2 saturated heterocycles. The smallest absolute Gasteiger partial charge is 0.337 e. The molecule has 0 aliphatic carbocycles. The Morgan fingerprint density at radius 2 is 1.82 bits per heavy atom. The number of benzene rings is 2. The van der Waals surface area contributed by atoms with Crippen molar-refractivity contribution in [3.05, 3.63) is 65.4 Å². The molecule has 3 aliphatic heterocycles. The second kappa shape index (κ2) is 11.8. The second-order valence-electron chi connectivity index (χ2n) is 12.8. The van der Waals surface area contributed by atoms with E-state index in [1.165, 1.54) is 4.68 Å². The average molecular weight is 621 g/mol. The first-order valence-corrected chi connectivity index (χ1v) is 15.9. The molecule has 2 unspecified atom stereocenters. The van der Waals surface area contributed by atoms with E-state index in [1.54, 1.807) is 32.4 Å². The van der Waals surface area contributed by atoms with Gasteiger partial charge in [0, 0.05) is 67.8 Å². The molecule has 3 aliphatic rings. The van der Waals surface area contributed by atoms with Crippen LogP contribution >= 0.6 is 0 Å². The Labute approximate surface area is 260 Å². The molecule has 0 saturated carbocycles. The highest BCUT2D eigenvalue weighted by molar-refractivity contribution is 5.92. The van der Waals surface area contributed by atoms with Crippen molar-refractivity contribution in [3.63, 3.8) is 0 Å². The predicted octanol–water partition coefficient (Wildman–Crippen LogP) is 5.97. The van der Waals surface area contributed by atoms with Gasteiger partial charge in [-0.1, -0.05) is 12.1 Å². The maximum absolute atomic E-state index is 14.6. The van der Waals surface area contributed by atoms with Crippen molar-refractivity contribution in [3.8, 4) is 11.1 Å². The van der Waals surface area contributed by atoms with Crippen LogP contribution in [0.4, 0.5) is 18.9 Å². The summed E-state index contributed by atoms with van der Waals surface area (Å²) in [5.41, 5.74) is 5.17. The van der Waals surface area contributed by atoms with Crippen LogP contribution in [0.1, 0.15) is 55.3 Å². The Kier molecular flexibility index (Phi) is 7.83. The van der Waals surface area contributed by atoms with Crippen LogP contribution in [0.2, 0.25) is 0 Å². The molecule has 2 aromatic carbocycles. The third-order valence-corrected chi connectivity index (χ3v) is 9.78. The van der Waals surface area contributed by atoms with Crippen molar-refractivity contribution in [2.75, 3.05) is 44.2 Å². The van der Waals surface area contributed by atoms with Gasteiger partial charge in [0.1, 0.15) is 6.17 Å². The zero-order valence-corrected chi connectivity index (χ0v) is 25.9. The largest absolute Gasteiger partial charge is 0.464 e. The number of halogens is 3. The van der Waals surface area contributed by atoms with Crippen molar-refractivity contribution < 1.29 is 22.7 Å². The van der Waals surface area contributed by atoms with Gasteiger partial charge < -0.3 is 14.2 Å². The molecule has 0 radical (unpaired) electrons. The standard InChI is InChI=1S/C34H39F3N6O2/c1-4-45-34(44)32(31-29-6-5-11-41(29)19-38-31)43-18-28-27(33(36)37)12-26(21(3)30(28)39-43)22-7-9-25(10-8-22)42-16-23-14-40(13-20(2)35)15-24(23)17-42/h7-10,12,18-20,23-24,32-33H,4-6,11,13-17H2,1-3H3/t20?,23-,24+,32?. The number of alkyl halides is 3. The van der Waals surface area contributed by atoms with Crippen LogP contribution in [0.25, 0.3) is 22.0 Å². The zero-order valence-electron chi connectivity index (χ0n) is 25.9. The number of fused-ring (bicyclic) bond motifs is 3. The molecular weight excluding hydrogens is 581 g/mol. The molecule has 238 valence electrons. The predicted molar refractivity (Wildman–Crippen MR) is 166 cm³/mol. The number of aromatic nitrogens is 4. The van der Waals surface area contributed by atoms with Crippen LogP contribution < -0.4 is 4.90 Å². The first-order chi connectivity index (χ1) is 21.7. The van der Waals surface area contributed by atoms with E-state index in [0.717, 1.165) is 68.1 Å². The van der Waals surface area contributed by atoms with Gasteiger partial charge in [0.05, 0.1) is 24.1 Å². The molecule has 11 heteroatoms. The maximum Gasteiger partial charge on any atom is 0.337 e. The minimum absolute atomic E-state index is 0.127. The molecule has 4 aromatic rings. The van der Waals surface area contributed by atoms with E-state index in [9.17, 15) is 18.0 Å². The lowest BCUT2D eigenvalue weighted by atomic mass is 9.95. The zero-order chi connectivity index (χ0) is 31.4. The normalized spacial score (nSPS) is 21.1. The lowest BCUT2D eigenvalue weighted by Crippen LogP contribution is -2.32. The van der Waals surface area contributed by atoms with Gasteiger partial charge in [0.15, 0.2) is 6.04 Å². The number of hydrogen-bond acceptors (Lipinski definition) is 6. The molecule has 2 fully saturated rings. The van der Waals surface area contributed by atoms with Gasteiger partial charge in [0.2, 0.25) is 0 Å². The topological polar surface area (TPSA) is 68.4 Å². The number of carbonyl (C=O) groups excluding carboxylic acids is 1. The minimum Gasteiger partial charge on any atom is -0.464 e. The minimum atomic E-state index is -2.73. The van der Waals surface area contributed by atoms with Crippen LogP contribution in [0.3, 0.4) is 0 Å². The quantitative estimate of drug-likeness (QED) is 0.215. The van der Waals surface area contributed by atoms with Gasteiger partial charge in [-0.05, 0) is 80.3 Å². The number of hydrogen-bond donors (Lipinski definition) is 0. The van der Waals surface area contributed by atoms with E-state index < -0.39 is 24.6 Å². The first kappa shape index (κ1) is 29.8. The molecule has 0 amide bonds. The number of esters is 1. The van der Waals surface area contributed by atoms with Crippen molar-refractivity contribution >= 4 is 22.6 Å². The van der Waals surface area contributed by atoms with Crippen LogP contribution in [-0.4, -0.2) is 75.7 Å². The van der Waals surface area contributed by atoms with E-state index in [-0.39, 0.29) is 12.2 Å². The summed E-state index contributed by atoms with van der Waals surface area (Å²) in [6, 6.07) is 8.66. The Bertz CT molecular complexity index is 1700. The fourth-order valence-electron chi connectivity index (χ4n) is 7.72. The third kappa shape index (κ3) is 5.38. The molecule has 0 N–H and O–H groups in total. The van der Waals surface area contributed by atoms with Crippen LogP contribution in [0.15, 0.2) is 42.9 Å². The number of aryl methyl sites for hydroxylation is 2. The summed E-state index contributed by atoms with van der Waals surface area (Å²) in [7, 11) is 0. The Balaban J connectivity index is 1.20. The summed E-state index contributed by atoms with van der Waals surface area (Å²) < 4.78 is 51.5. The average Bonchev–Trinajstić information content (AvgIpc) is 3.81. The van der Waals surface area contributed by atoms with Gasteiger partial charge in [0.25, 0.3) is 6.43 Å². The lowest BCUT2D eigenvalue weighted by Gasteiger charge is -2.23. The summed E-state index contributed by atoms with van der Waals surface area (Å²) in [5, 5.41) is 5.07. The first-order valence-electron chi connectivity index (χ1n) is 15.9. The maximum atomic E-state index is 14.6. The fourth-order valence-corrected chi connectivity index (χ4v) is 7.72. The lowest BCUT2D eigenvalue weighted by molar-refractivity contribution is -0.146. The third-order valence-electron chi connectivity index (χ3n) is 9.78. The Hall–Kier alpha value is -3.86. The van der Waals surface area contributed by atoms with Crippen molar-refractivity contribution in [1.29, 1.82) is 0 Å². The highest BCUT2D eigenvalue weighted by Gasteiger charge is 2.40. The van der Waals surface area contributed by atoms with Crippen molar-refractivity contribution in [2.24, 2.45) is 11.8 Å². The van der Waals surface area contributed by atoms with Gasteiger partial charge >= 0.3 is 5.97 Å². The summed E-state index contributed by atoms with van der Waals surface area (Å²) in [5.74, 6) is 0.540. The Morgan fingerprint density at radius 1 is 1.09 bits per heavy atom. The Morgan fingerprint density at radius 3 is 2.49 bits per heavy atom. The van der Waals surface area contributed by atoms with Gasteiger partial charge in [-0.25, -0.2) is 22.9 Å². The molecular formula is C34H39F3N6O2. The molecule has 0 spiro atoms. The molecule has 45 heavy (non-hydrogen) atoms. The number of imidazole rings is 1. The monoisotopic (exact) mass is 620 g/mol. The molecule has 5 heterocycles. The molecule has 7 rings (SSSR count). The fraction of sp³-hybridized carbons (Fsp3) is 0.500. The van der Waals surface area contributed by atoms with E-state index in [2.05, 4.69) is 26.9 Å². The summed E-state index contributed by atoms with van der Waals surface area (Å²) in [4.78, 5) is 22.4. The van der Waals surface area contributed by atoms with Gasteiger partial charge in [-0.3, -0.25) is 9.58 Å². The highest BCUT2D eigenvalue weighted by atomic mass is 19.3. The number of anilines is 1. The van der Waals surface area contributed by atoms with E-state index in [4.69, 9.17) is 9.84 Å². The summed E-state index contributed by atoms with van der Waals surface area (Å²) >= 11 is 0. The number of ether oxygens (including phenoxy) is 1. The second-order valence-corrected chi connectivity index (χ2v) is 12.8. The molecule has 8 nitrogen and oxygen atoms in total. The summed E-state index contributed by atoms with van der Waals surface area (Å²) in [6.45, 7) is 10.5. The number of nitrogens with zero attached hydrogens (tertiary/aromatic N) is 6. The molecule has 0 bridgehead atoms. The van der Waals surface area contributed by atoms with E-state index in [1.807, 2.05) is 23.6 Å². The van der Waals surface area contributed by atoms with Crippen LogP contribution in [0.5, 0.6) is 0 Å². The van der Waals surface area contributed by atoms with Crippen molar-refractivity contribution in [1.82, 2.24) is 24.2 Å². The van der Waals surface area contributed by atoms with Gasteiger partial charge in [-0.15, -0.1) is 0 Å². The van der Waals surface area contributed by atoms with Crippen LogP contribution in [0, 0.1) is 18.8 Å². The SMILES string of the molecule is CCOC(=O)C(c1ncn2c1CCC2)n1cc2c(C(F)F)cc(-c3ccc(N4C[C@H]5CN(CC(C)F)C[C@H]5C4)cc3)c(C)c2n1. The number of carbonyl (C=O) groups is 1. The van der Waals surface area contributed by atoms with Crippen molar-refractivity contribution in [2.45, 2.75) is 58.8 Å². The van der Waals surface area contributed by atoms with Gasteiger partial charge in [-0.2, -0.15) is 5.10 Å². The highest BCUT2D eigenvalue weighted by Crippen LogP contribution is 2.39. The van der Waals surface area contributed by atoms with Crippen LogP contribution in [-0.2, 0) is 22.5 Å². The number of rotatable bonds is 9.